The van der Waals surface area contributed by atoms with E-state index in [0.29, 0.717) is 30.7 Å². The van der Waals surface area contributed by atoms with E-state index >= 15 is 0 Å². The molecule has 2 atom stereocenters. The van der Waals surface area contributed by atoms with Gasteiger partial charge in [-0.2, -0.15) is 0 Å². The maximum absolute atomic E-state index is 13.5. The number of ether oxygens (including phenoxy) is 2. The van der Waals surface area contributed by atoms with E-state index in [4.69, 9.17) is 9.47 Å². The molecule has 138 valence electrons. The van der Waals surface area contributed by atoms with Crippen LogP contribution in [0.15, 0.2) is 48.5 Å². The molecule has 1 aliphatic heterocycles. The van der Waals surface area contributed by atoms with Gasteiger partial charge in [0.1, 0.15) is 18.2 Å². The zero-order valence-electron chi connectivity index (χ0n) is 14.6. The zero-order valence-corrected chi connectivity index (χ0v) is 14.6. The largest absolute Gasteiger partial charge is 0.496 e. The van der Waals surface area contributed by atoms with E-state index in [1.165, 1.54) is 19.2 Å². The Bertz CT molecular complexity index is 753. The highest BCUT2D eigenvalue weighted by atomic mass is 19.1. The van der Waals surface area contributed by atoms with Gasteiger partial charge in [-0.3, -0.25) is 0 Å². The average molecular weight is 359 g/mol. The first-order valence-corrected chi connectivity index (χ1v) is 8.57. The number of aliphatic hydroxyl groups excluding tert-OH is 1. The summed E-state index contributed by atoms with van der Waals surface area (Å²) >= 11 is 0. The van der Waals surface area contributed by atoms with Gasteiger partial charge in [-0.1, -0.05) is 36.4 Å². The number of benzene rings is 2. The number of rotatable bonds is 4. The predicted molar refractivity (Wildman–Crippen MR) is 94.3 cm³/mol. The summed E-state index contributed by atoms with van der Waals surface area (Å²) in [5, 5.41) is 10.1. The Morgan fingerprint density at radius 1 is 1.27 bits per heavy atom. The van der Waals surface area contributed by atoms with Crippen molar-refractivity contribution in [1.82, 2.24) is 4.90 Å². The molecule has 0 spiro atoms. The molecule has 0 radical (unpaired) electrons. The third-order valence-electron chi connectivity index (χ3n) is 4.57. The molecular formula is C20H22FNO4. The number of carbonyl (C=O) groups excluding carboxylic acids is 1. The molecule has 0 saturated carbocycles. The number of carbonyl (C=O) groups is 1. The second-order valence-corrected chi connectivity index (χ2v) is 6.31. The maximum Gasteiger partial charge on any atom is 0.410 e. The fraction of sp³-hybridized carbons (Fsp3) is 0.350. The van der Waals surface area contributed by atoms with Crippen LogP contribution in [0.4, 0.5) is 9.18 Å². The zero-order chi connectivity index (χ0) is 18.5. The lowest BCUT2D eigenvalue weighted by molar-refractivity contribution is 0.0253. The number of halogens is 1. The number of hydrogen-bond acceptors (Lipinski definition) is 4. The Labute approximate surface area is 152 Å². The number of amides is 1. The van der Waals surface area contributed by atoms with Crippen LogP contribution in [-0.2, 0) is 11.3 Å². The summed E-state index contributed by atoms with van der Waals surface area (Å²) in [7, 11) is 1.45. The normalized spacial score (nSPS) is 19.9. The van der Waals surface area contributed by atoms with Gasteiger partial charge < -0.3 is 19.5 Å². The molecule has 6 heteroatoms. The highest BCUT2D eigenvalue weighted by Gasteiger charge is 2.34. The Morgan fingerprint density at radius 3 is 2.77 bits per heavy atom. The quantitative estimate of drug-likeness (QED) is 0.905. The van der Waals surface area contributed by atoms with Gasteiger partial charge in [0.25, 0.3) is 0 Å². The molecule has 1 N–H and O–H groups in total. The summed E-state index contributed by atoms with van der Waals surface area (Å²) in [6.07, 6.45) is -0.173. The van der Waals surface area contributed by atoms with Gasteiger partial charge in [0, 0.05) is 18.2 Å². The number of piperidine rings is 1. The molecule has 2 aromatic rings. The van der Waals surface area contributed by atoms with Crippen LogP contribution >= 0.6 is 0 Å². The molecule has 3 rings (SSSR count). The Hall–Kier alpha value is -2.60. The van der Waals surface area contributed by atoms with Crippen LogP contribution in [0, 0.1) is 5.82 Å². The van der Waals surface area contributed by atoms with Crippen LogP contribution in [0.3, 0.4) is 0 Å². The Balaban J connectivity index is 1.79. The van der Waals surface area contributed by atoms with Crippen molar-refractivity contribution < 1.29 is 23.8 Å². The number of aliphatic hydroxyl groups is 1. The third kappa shape index (κ3) is 4.14. The summed E-state index contributed by atoms with van der Waals surface area (Å²) in [4.78, 5) is 14.2. The highest BCUT2D eigenvalue weighted by Crippen LogP contribution is 2.37. The van der Waals surface area contributed by atoms with E-state index < -0.39 is 24.1 Å². The molecule has 0 aliphatic carbocycles. The minimum atomic E-state index is -0.534. The van der Waals surface area contributed by atoms with Crippen LogP contribution in [-0.4, -0.2) is 35.9 Å². The Morgan fingerprint density at radius 2 is 2.04 bits per heavy atom. The first-order chi connectivity index (χ1) is 12.6. The second-order valence-electron chi connectivity index (χ2n) is 6.31. The SMILES string of the molecule is COc1cc(F)ccc1C1CC(O)CCN1C(=O)OCc1ccccc1. The summed E-state index contributed by atoms with van der Waals surface area (Å²) in [6.45, 7) is 0.534. The van der Waals surface area contributed by atoms with E-state index in [-0.39, 0.29) is 6.61 Å². The van der Waals surface area contributed by atoms with Crippen molar-refractivity contribution in [3.8, 4) is 5.75 Å². The van der Waals surface area contributed by atoms with Crippen LogP contribution in [0.2, 0.25) is 0 Å². The number of hydrogen-bond donors (Lipinski definition) is 1. The van der Waals surface area contributed by atoms with Gasteiger partial charge in [-0.25, -0.2) is 9.18 Å². The first-order valence-electron chi connectivity index (χ1n) is 8.57. The van der Waals surface area contributed by atoms with Crippen LogP contribution in [0.25, 0.3) is 0 Å². The fourth-order valence-electron chi connectivity index (χ4n) is 3.22. The van der Waals surface area contributed by atoms with Crippen molar-refractivity contribution in [3.63, 3.8) is 0 Å². The van der Waals surface area contributed by atoms with E-state index in [2.05, 4.69) is 0 Å². The summed E-state index contributed by atoms with van der Waals surface area (Å²) in [5.74, 6) is -0.0647. The topological polar surface area (TPSA) is 59.0 Å². The minimum absolute atomic E-state index is 0.173. The van der Waals surface area contributed by atoms with E-state index in [9.17, 15) is 14.3 Å². The van der Waals surface area contributed by atoms with Gasteiger partial charge in [0.05, 0.1) is 19.3 Å². The average Bonchev–Trinajstić information content (AvgIpc) is 2.66. The van der Waals surface area contributed by atoms with Crippen LogP contribution in [0.5, 0.6) is 5.75 Å². The molecule has 1 heterocycles. The van der Waals surface area contributed by atoms with Crippen molar-refractivity contribution in [2.75, 3.05) is 13.7 Å². The lowest BCUT2D eigenvalue weighted by Gasteiger charge is -2.37. The number of nitrogens with zero attached hydrogens (tertiary/aromatic N) is 1. The molecule has 0 bridgehead atoms. The molecule has 1 fully saturated rings. The molecule has 2 aromatic carbocycles. The van der Waals surface area contributed by atoms with E-state index in [0.717, 1.165) is 5.56 Å². The minimum Gasteiger partial charge on any atom is -0.496 e. The summed E-state index contributed by atoms with van der Waals surface area (Å²) in [6, 6.07) is 13.2. The number of likely N-dealkylation sites (tertiary alicyclic amines) is 1. The molecule has 1 saturated heterocycles. The van der Waals surface area contributed by atoms with Crippen LogP contribution in [0.1, 0.15) is 30.0 Å². The molecule has 2 unspecified atom stereocenters. The van der Waals surface area contributed by atoms with Gasteiger partial charge in [-0.05, 0) is 24.5 Å². The lowest BCUT2D eigenvalue weighted by Crippen LogP contribution is -2.43. The van der Waals surface area contributed by atoms with Gasteiger partial charge in [-0.15, -0.1) is 0 Å². The lowest BCUT2D eigenvalue weighted by atomic mass is 9.93. The molecule has 0 aromatic heterocycles. The maximum atomic E-state index is 13.5. The van der Waals surface area contributed by atoms with Crippen molar-refractivity contribution >= 4 is 6.09 Å². The third-order valence-corrected chi connectivity index (χ3v) is 4.57. The van der Waals surface area contributed by atoms with Crippen molar-refractivity contribution in [3.05, 3.63) is 65.5 Å². The summed E-state index contributed by atoms with van der Waals surface area (Å²) in [5.41, 5.74) is 1.55. The van der Waals surface area contributed by atoms with Crippen molar-refractivity contribution in [2.45, 2.75) is 31.6 Å². The van der Waals surface area contributed by atoms with E-state index in [1.807, 2.05) is 30.3 Å². The smallest absolute Gasteiger partial charge is 0.410 e. The second kappa shape index (κ2) is 8.19. The standard InChI is InChI=1S/C20H22FNO4/c1-25-19-11-15(21)7-8-17(19)18-12-16(23)9-10-22(18)20(24)26-13-14-5-3-2-4-6-14/h2-8,11,16,18,23H,9-10,12-13H2,1H3. The molecule has 5 nitrogen and oxygen atoms in total. The molecule has 1 amide bonds. The molecule has 1 aliphatic rings. The van der Waals surface area contributed by atoms with Crippen LogP contribution < -0.4 is 4.74 Å². The van der Waals surface area contributed by atoms with Gasteiger partial charge >= 0.3 is 6.09 Å². The van der Waals surface area contributed by atoms with Gasteiger partial charge in [0.15, 0.2) is 0 Å². The molecule has 26 heavy (non-hydrogen) atoms. The van der Waals surface area contributed by atoms with Gasteiger partial charge in [0.2, 0.25) is 0 Å². The highest BCUT2D eigenvalue weighted by molar-refractivity contribution is 5.69. The van der Waals surface area contributed by atoms with Crippen molar-refractivity contribution in [2.24, 2.45) is 0 Å². The first kappa shape index (κ1) is 18.2. The monoisotopic (exact) mass is 359 g/mol. The predicted octanol–water partition coefficient (Wildman–Crippen LogP) is 3.67. The van der Waals surface area contributed by atoms with Crippen molar-refractivity contribution in [1.29, 1.82) is 0 Å². The fourth-order valence-corrected chi connectivity index (χ4v) is 3.22. The summed E-state index contributed by atoms with van der Waals surface area (Å²) < 4.78 is 24.2. The Kier molecular flexibility index (Phi) is 5.73. The number of methoxy groups -OCH3 is 1. The van der Waals surface area contributed by atoms with E-state index in [1.54, 1.807) is 11.0 Å². The molecular weight excluding hydrogens is 337 g/mol.